The average molecular weight is 313 g/mol. The van der Waals surface area contributed by atoms with Crippen molar-refractivity contribution in [1.82, 2.24) is 15.2 Å². The first-order valence-corrected chi connectivity index (χ1v) is 8.07. The lowest BCUT2D eigenvalue weighted by Gasteiger charge is -2.18. The number of rotatable bonds is 3. The fourth-order valence-electron chi connectivity index (χ4n) is 3.15. The van der Waals surface area contributed by atoms with Crippen molar-refractivity contribution in [1.29, 1.82) is 0 Å². The highest BCUT2D eigenvalue weighted by Gasteiger charge is 2.20. The van der Waals surface area contributed by atoms with Crippen LogP contribution in [0.5, 0.6) is 0 Å². The second-order valence-electron chi connectivity index (χ2n) is 6.66. The topological polar surface area (TPSA) is 65.2 Å². The van der Waals surface area contributed by atoms with Crippen molar-refractivity contribution in [3.05, 3.63) is 35.0 Å². The van der Waals surface area contributed by atoms with Crippen molar-refractivity contribution in [2.24, 2.45) is 5.92 Å². The highest BCUT2D eigenvalue weighted by molar-refractivity contribution is 6.00. The number of carbonyl (C=O) groups is 2. The molecule has 1 aromatic heterocycles. The molecular formula is C18H23N3O2. The van der Waals surface area contributed by atoms with E-state index in [9.17, 15) is 9.59 Å². The summed E-state index contributed by atoms with van der Waals surface area (Å²) in [5.41, 5.74) is 4.34. The second kappa shape index (κ2) is 6.07. The van der Waals surface area contributed by atoms with Gasteiger partial charge in [0.25, 0.3) is 5.91 Å². The first kappa shape index (κ1) is 15.6. The largest absolute Gasteiger partial charge is 0.358 e. The Labute approximate surface area is 136 Å². The van der Waals surface area contributed by atoms with E-state index in [1.54, 1.807) is 14.1 Å². The Morgan fingerprint density at radius 1 is 1.35 bits per heavy atom. The number of nitrogens with one attached hydrogen (secondary N) is 2. The molecule has 122 valence electrons. The fourth-order valence-corrected chi connectivity index (χ4v) is 3.15. The third-order valence-corrected chi connectivity index (χ3v) is 4.60. The maximum Gasteiger partial charge on any atom is 0.251 e. The fraction of sp³-hybridized carbons (Fsp3) is 0.444. The molecule has 1 unspecified atom stereocenters. The van der Waals surface area contributed by atoms with Crippen molar-refractivity contribution in [3.8, 4) is 0 Å². The summed E-state index contributed by atoms with van der Waals surface area (Å²) in [5, 5.41) is 3.82. The van der Waals surface area contributed by atoms with E-state index in [1.165, 1.54) is 22.6 Å². The minimum atomic E-state index is -0.207. The first-order valence-electron chi connectivity index (χ1n) is 8.07. The Morgan fingerprint density at radius 3 is 2.87 bits per heavy atom. The molecule has 1 aliphatic rings. The van der Waals surface area contributed by atoms with E-state index >= 15 is 0 Å². The van der Waals surface area contributed by atoms with E-state index in [0.29, 0.717) is 11.5 Å². The second-order valence-corrected chi connectivity index (χ2v) is 6.66. The normalized spacial score (nSPS) is 16.9. The van der Waals surface area contributed by atoms with Crippen LogP contribution in [0.1, 0.15) is 35.0 Å². The third-order valence-electron chi connectivity index (χ3n) is 4.60. The van der Waals surface area contributed by atoms with Gasteiger partial charge in [-0.25, -0.2) is 0 Å². The van der Waals surface area contributed by atoms with Gasteiger partial charge in [0, 0.05) is 36.3 Å². The summed E-state index contributed by atoms with van der Waals surface area (Å²) in [6, 6.07) is 5.71. The number of likely N-dealkylation sites (N-methyl/N-ethyl adjacent to an activating group) is 1. The van der Waals surface area contributed by atoms with E-state index in [0.717, 1.165) is 23.7 Å². The van der Waals surface area contributed by atoms with E-state index in [2.05, 4.69) is 17.2 Å². The molecule has 5 heteroatoms. The molecule has 0 spiro atoms. The zero-order chi connectivity index (χ0) is 16.6. The molecule has 0 fully saturated rings. The number of amides is 2. The van der Waals surface area contributed by atoms with E-state index < -0.39 is 0 Å². The standard InChI is InChI=1S/C18H23N3O2/c1-11-4-6-15-13(8-11)14-9-12(5-7-16(14)20-15)18(23)19-10-17(22)21(2)3/h5,7,9,11,20H,4,6,8,10H2,1-3H3,(H,19,23). The summed E-state index contributed by atoms with van der Waals surface area (Å²) in [5.74, 6) is 0.352. The third kappa shape index (κ3) is 3.09. The Bertz CT molecular complexity index is 761. The van der Waals surface area contributed by atoms with Gasteiger partial charge in [-0.15, -0.1) is 0 Å². The molecule has 0 saturated carbocycles. The van der Waals surface area contributed by atoms with Crippen molar-refractivity contribution in [3.63, 3.8) is 0 Å². The van der Waals surface area contributed by atoms with Gasteiger partial charge < -0.3 is 15.2 Å². The quantitative estimate of drug-likeness (QED) is 0.911. The molecule has 1 heterocycles. The number of H-pyrrole nitrogens is 1. The van der Waals surface area contributed by atoms with Crippen LogP contribution in [0.15, 0.2) is 18.2 Å². The number of aryl methyl sites for hydroxylation is 1. The Kier molecular flexibility index (Phi) is 4.11. The zero-order valence-electron chi connectivity index (χ0n) is 13.9. The van der Waals surface area contributed by atoms with Crippen LogP contribution in [-0.4, -0.2) is 42.3 Å². The Morgan fingerprint density at radius 2 is 2.13 bits per heavy atom. The summed E-state index contributed by atoms with van der Waals surface area (Å²) in [6.07, 6.45) is 3.34. The summed E-state index contributed by atoms with van der Waals surface area (Å²) in [7, 11) is 3.35. The number of aromatic amines is 1. The van der Waals surface area contributed by atoms with Gasteiger partial charge in [-0.1, -0.05) is 6.92 Å². The summed E-state index contributed by atoms with van der Waals surface area (Å²) in [6.45, 7) is 2.29. The van der Waals surface area contributed by atoms with Gasteiger partial charge in [0.1, 0.15) is 0 Å². The predicted molar refractivity (Wildman–Crippen MR) is 90.5 cm³/mol. The van der Waals surface area contributed by atoms with Crippen LogP contribution in [0.4, 0.5) is 0 Å². The number of nitrogens with zero attached hydrogens (tertiary/aromatic N) is 1. The first-order chi connectivity index (χ1) is 11.0. The Hall–Kier alpha value is -2.30. The van der Waals surface area contributed by atoms with E-state index in [4.69, 9.17) is 0 Å². The average Bonchev–Trinajstić information content (AvgIpc) is 2.89. The molecule has 0 radical (unpaired) electrons. The zero-order valence-corrected chi connectivity index (χ0v) is 13.9. The van der Waals surface area contributed by atoms with Crippen molar-refractivity contribution in [2.75, 3.05) is 20.6 Å². The van der Waals surface area contributed by atoms with Gasteiger partial charge in [0.05, 0.1) is 6.54 Å². The number of hydrogen-bond acceptors (Lipinski definition) is 2. The highest BCUT2D eigenvalue weighted by atomic mass is 16.2. The summed E-state index contributed by atoms with van der Waals surface area (Å²) < 4.78 is 0. The molecule has 0 aliphatic heterocycles. The molecule has 3 rings (SSSR count). The lowest BCUT2D eigenvalue weighted by molar-refractivity contribution is -0.127. The molecule has 0 bridgehead atoms. The molecule has 1 aliphatic carbocycles. The van der Waals surface area contributed by atoms with Crippen LogP contribution in [0.2, 0.25) is 0 Å². The van der Waals surface area contributed by atoms with Crippen LogP contribution < -0.4 is 5.32 Å². The van der Waals surface area contributed by atoms with Crippen LogP contribution in [0, 0.1) is 5.92 Å². The number of carbonyl (C=O) groups excluding carboxylic acids is 2. The lowest BCUT2D eigenvalue weighted by Crippen LogP contribution is -2.36. The number of benzene rings is 1. The van der Waals surface area contributed by atoms with Gasteiger partial charge in [-0.3, -0.25) is 9.59 Å². The van der Waals surface area contributed by atoms with Crippen molar-refractivity contribution in [2.45, 2.75) is 26.2 Å². The number of fused-ring (bicyclic) bond motifs is 3. The predicted octanol–water partition coefficient (Wildman–Crippen LogP) is 2.11. The molecule has 2 amide bonds. The smallest absolute Gasteiger partial charge is 0.251 e. The van der Waals surface area contributed by atoms with Crippen LogP contribution in [0.3, 0.4) is 0 Å². The molecular weight excluding hydrogens is 290 g/mol. The molecule has 2 N–H and O–H groups in total. The van der Waals surface area contributed by atoms with Crippen LogP contribution in [-0.2, 0) is 17.6 Å². The minimum Gasteiger partial charge on any atom is -0.358 e. The molecule has 0 saturated heterocycles. The minimum absolute atomic E-state index is 0.0200. The maximum atomic E-state index is 12.3. The lowest BCUT2D eigenvalue weighted by atomic mass is 9.87. The van der Waals surface area contributed by atoms with E-state index in [1.807, 2.05) is 18.2 Å². The van der Waals surface area contributed by atoms with Gasteiger partial charge in [-0.2, -0.15) is 0 Å². The van der Waals surface area contributed by atoms with Gasteiger partial charge in [0.15, 0.2) is 0 Å². The summed E-state index contributed by atoms with van der Waals surface area (Å²) in [4.78, 5) is 28.8. The molecule has 23 heavy (non-hydrogen) atoms. The molecule has 1 atom stereocenters. The van der Waals surface area contributed by atoms with Crippen molar-refractivity contribution < 1.29 is 9.59 Å². The molecule has 1 aromatic carbocycles. The highest BCUT2D eigenvalue weighted by Crippen LogP contribution is 2.32. The maximum absolute atomic E-state index is 12.3. The van der Waals surface area contributed by atoms with Crippen LogP contribution >= 0.6 is 0 Å². The SMILES string of the molecule is CC1CCc2[nH]c3ccc(C(=O)NCC(=O)N(C)C)cc3c2C1. The molecule has 5 nitrogen and oxygen atoms in total. The van der Waals surface area contributed by atoms with Gasteiger partial charge in [0.2, 0.25) is 5.91 Å². The number of aromatic nitrogens is 1. The van der Waals surface area contributed by atoms with Crippen molar-refractivity contribution >= 4 is 22.7 Å². The van der Waals surface area contributed by atoms with E-state index in [-0.39, 0.29) is 18.4 Å². The van der Waals surface area contributed by atoms with Crippen LogP contribution in [0.25, 0.3) is 10.9 Å². The summed E-state index contributed by atoms with van der Waals surface area (Å²) >= 11 is 0. The van der Waals surface area contributed by atoms with Gasteiger partial charge in [-0.05, 0) is 48.9 Å². The molecule has 2 aromatic rings. The monoisotopic (exact) mass is 313 g/mol. The van der Waals surface area contributed by atoms with Gasteiger partial charge >= 0.3 is 0 Å². The Balaban J connectivity index is 1.83. The number of hydrogen-bond donors (Lipinski definition) is 2.